The van der Waals surface area contributed by atoms with Crippen molar-refractivity contribution in [1.29, 1.82) is 0 Å². The van der Waals surface area contributed by atoms with Crippen LogP contribution in [0.4, 0.5) is 0 Å². The van der Waals surface area contributed by atoms with Crippen LogP contribution in [0.1, 0.15) is 24.3 Å². The molecule has 4 rings (SSSR count). The Morgan fingerprint density at radius 3 is 2.96 bits per heavy atom. The average molecular weight is 358 g/mol. The van der Waals surface area contributed by atoms with E-state index in [1.165, 1.54) is 0 Å². The molecule has 1 saturated carbocycles. The second-order valence-electron chi connectivity index (χ2n) is 7.02. The van der Waals surface area contributed by atoms with E-state index in [0.29, 0.717) is 26.3 Å². The molecule has 0 unspecified atom stereocenters. The molecule has 1 aliphatic carbocycles. The molecule has 0 radical (unpaired) electrons. The summed E-state index contributed by atoms with van der Waals surface area (Å²) in [7, 11) is -3.12. The van der Waals surface area contributed by atoms with Gasteiger partial charge in [-0.05, 0) is 25.8 Å². The van der Waals surface area contributed by atoms with Crippen molar-refractivity contribution in [2.45, 2.75) is 31.1 Å². The van der Waals surface area contributed by atoms with Crippen LogP contribution in [0.3, 0.4) is 0 Å². The molecular weight excluding hydrogens is 334 g/mol. The molecule has 1 atom stereocenters. The topological polar surface area (TPSA) is 62.7 Å². The van der Waals surface area contributed by atoms with Crippen LogP contribution >= 0.6 is 11.3 Å². The molecule has 0 aromatic carbocycles. The summed E-state index contributed by atoms with van der Waals surface area (Å²) in [4.78, 5) is 6.74. The van der Waals surface area contributed by atoms with Crippen LogP contribution in [0.2, 0.25) is 0 Å². The molecule has 8 heteroatoms. The first-order chi connectivity index (χ1) is 11.1. The summed E-state index contributed by atoms with van der Waals surface area (Å²) in [6.45, 7) is 5.03. The standard InChI is InChI=1S/C15H23N3O3S2/c19-23(20,13-1-2-13)18-6-7-21-12-15(11-18)3-5-17(10-15)9-14-16-4-8-22-14/h4,8,13H,1-3,5-7,9-12H2/t15-/m0/s1. The summed E-state index contributed by atoms with van der Waals surface area (Å²) >= 11 is 1.68. The zero-order valence-corrected chi connectivity index (χ0v) is 14.8. The monoisotopic (exact) mass is 357 g/mol. The van der Waals surface area contributed by atoms with Crippen molar-refractivity contribution in [1.82, 2.24) is 14.2 Å². The van der Waals surface area contributed by atoms with Crippen molar-refractivity contribution < 1.29 is 13.2 Å². The molecule has 1 aromatic rings. The van der Waals surface area contributed by atoms with Gasteiger partial charge in [-0.25, -0.2) is 13.4 Å². The predicted octanol–water partition coefficient (Wildman–Crippen LogP) is 1.16. The second-order valence-corrected chi connectivity index (χ2v) is 10.2. The van der Waals surface area contributed by atoms with Gasteiger partial charge in [0.25, 0.3) is 0 Å². The lowest BCUT2D eigenvalue weighted by Crippen LogP contribution is -2.44. The van der Waals surface area contributed by atoms with Gasteiger partial charge in [0.2, 0.25) is 10.0 Å². The minimum Gasteiger partial charge on any atom is -0.379 e. The second kappa shape index (κ2) is 6.07. The molecule has 128 valence electrons. The number of hydrogen-bond acceptors (Lipinski definition) is 6. The molecule has 1 aromatic heterocycles. The highest BCUT2D eigenvalue weighted by Gasteiger charge is 2.47. The van der Waals surface area contributed by atoms with Crippen molar-refractivity contribution in [2.75, 3.05) is 39.4 Å². The van der Waals surface area contributed by atoms with Gasteiger partial charge in [0, 0.05) is 36.6 Å². The number of nitrogens with zero attached hydrogens (tertiary/aromatic N) is 3. The smallest absolute Gasteiger partial charge is 0.217 e. The maximum atomic E-state index is 12.6. The van der Waals surface area contributed by atoms with E-state index in [4.69, 9.17) is 4.74 Å². The molecule has 2 saturated heterocycles. The van der Waals surface area contributed by atoms with Crippen molar-refractivity contribution in [2.24, 2.45) is 5.41 Å². The summed E-state index contributed by atoms with van der Waals surface area (Å²) in [5.74, 6) is 0. The van der Waals surface area contributed by atoms with E-state index in [2.05, 4.69) is 9.88 Å². The van der Waals surface area contributed by atoms with E-state index in [1.54, 1.807) is 15.6 Å². The Hall–Kier alpha value is -0.540. The number of likely N-dealkylation sites (tertiary alicyclic amines) is 1. The van der Waals surface area contributed by atoms with Gasteiger partial charge in [-0.3, -0.25) is 4.90 Å². The molecule has 0 amide bonds. The first kappa shape index (κ1) is 16.0. The van der Waals surface area contributed by atoms with Gasteiger partial charge in [0.15, 0.2) is 0 Å². The third-order valence-corrected chi connectivity index (χ3v) is 8.18. The highest BCUT2D eigenvalue weighted by Crippen LogP contribution is 2.38. The summed E-state index contributed by atoms with van der Waals surface area (Å²) in [6, 6.07) is 0. The Balaban J connectivity index is 1.46. The number of sulfonamides is 1. The molecule has 0 bridgehead atoms. The number of aromatic nitrogens is 1. The average Bonchev–Trinajstić information content (AvgIpc) is 3.20. The third-order valence-electron chi connectivity index (χ3n) is 5.07. The molecule has 3 fully saturated rings. The van der Waals surface area contributed by atoms with E-state index < -0.39 is 10.0 Å². The minimum absolute atomic E-state index is 0.0598. The lowest BCUT2D eigenvalue weighted by Gasteiger charge is -2.31. The van der Waals surface area contributed by atoms with E-state index in [9.17, 15) is 8.42 Å². The van der Waals surface area contributed by atoms with Gasteiger partial charge in [-0.1, -0.05) is 0 Å². The SMILES string of the molecule is O=S(=O)(C1CC1)N1CCOC[C@]2(CCN(Cc3nccs3)C2)C1. The fraction of sp³-hybridized carbons (Fsp3) is 0.800. The van der Waals surface area contributed by atoms with Crippen LogP contribution in [0.25, 0.3) is 0 Å². The van der Waals surface area contributed by atoms with Crippen LogP contribution in [0.5, 0.6) is 0 Å². The van der Waals surface area contributed by atoms with E-state index >= 15 is 0 Å². The number of ether oxygens (including phenoxy) is 1. The van der Waals surface area contributed by atoms with Gasteiger partial charge in [-0.2, -0.15) is 4.31 Å². The van der Waals surface area contributed by atoms with Gasteiger partial charge in [0.1, 0.15) is 5.01 Å². The van der Waals surface area contributed by atoms with Crippen molar-refractivity contribution in [3.63, 3.8) is 0 Å². The quantitative estimate of drug-likeness (QED) is 0.809. The zero-order valence-electron chi connectivity index (χ0n) is 13.2. The van der Waals surface area contributed by atoms with Gasteiger partial charge in [-0.15, -0.1) is 11.3 Å². The molecule has 1 spiro atoms. The number of rotatable bonds is 4. The van der Waals surface area contributed by atoms with Crippen LogP contribution in [-0.4, -0.2) is 67.2 Å². The fourth-order valence-corrected chi connectivity index (χ4v) is 6.27. The molecule has 3 heterocycles. The normalized spacial score (nSPS) is 30.8. The molecule has 0 N–H and O–H groups in total. The van der Waals surface area contributed by atoms with Gasteiger partial charge < -0.3 is 4.74 Å². The molecular formula is C15H23N3O3S2. The predicted molar refractivity (Wildman–Crippen MR) is 88.8 cm³/mol. The summed E-state index contributed by atoms with van der Waals surface area (Å²) < 4.78 is 32.8. The lowest BCUT2D eigenvalue weighted by molar-refractivity contribution is 0.0721. The van der Waals surface area contributed by atoms with Crippen molar-refractivity contribution in [3.8, 4) is 0 Å². The maximum Gasteiger partial charge on any atom is 0.217 e. The first-order valence-corrected chi connectivity index (χ1v) is 10.6. The Bertz CT molecular complexity index is 645. The summed E-state index contributed by atoms with van der Waals surface area (Å²) in [5.41, 5.74) is -0.0598. The Morgan fingerprint density at radius 1 is 1.35 bits per heavy atom. The zero-order chi connectivity index (χ0) is 15.9. The molecule has 2 aliphatic heterocycles. The third kappa shape index (κ3) is 3.32. The van der Waals surface area contributed by atoms with Crippen molar-refractivity contribution in [3.05, 3.63) is 16.6 Å². The highest BCUT2D eigenvalue weighted by molar-refractivity contribution is 7.90. The molecule has 6 nitrogen and oxygen atoms in total. The van der Waals surface area contributed by atoms with E-state index in [0.717, 1.165) is 43.9 Å². The van der Waals surface area contributed by atoms with Gasteiger partial charge >= 0.3 is 0 Å². The first-order valence-electron chi connectivity index (χ1n) is 8.25. The van der Waals surface area contributed by atoms with Crippen LogP contribution in [0.15, 0.2) is 11.6 Å². The molecule has 23 heavy (non-hydrogen) atoms. The maximum absolute atomic E-state index is 12.6. The van der Waals surface area contributed by atoms with Crippen LogP contribution in [-0.2, 0) is 21.3 Å². The Kier molecular flexibility index (Phi) is 4.21. The van der Waals surface area contributed by atoms with Gasteiger partial charge in [0.05, 0.1) is 25.0 Å². The summed E-state index contributed by atoms with van der Waals surface area (Å²) in [5, 5.41) is 2.99. The lowest BCUT2D eigenvalue weighted by atomic mass is 9.88. The number of hydrogen-bond donors (Lipinski definition) is 0. The van der Waals surface area contributed by atoms with Crippen molar-refractivity contribution >= 4 is 21.4 Å². The summed E-state index contributed by atoms with van der Waals surface area (Å²) in [6.07, 6.45) is 4.48. The molecule has 3 aliphatic rings. The van der Waals surface area contributed by atoms with Crippen LogP contribution < -0.4 is 0 Å². The minimum atomic E-state index is -3.12. The van der Waals surface area contributed by atoms with E-state index in [-0.39, 0.29) is 10.7 Å². The Labute approximate surface area is 141 Å². The largest absolute Gasteiger partial charge is 0.379 e. The highest BCUT2D eigenvalue weighted by atomic mass is 32.2. The number of thiazole rings is 1. The fourth-order valence-electron chi connectivity index (χ4n) is 3.68. The van der Waals surface area contributed by atoms with E-state index in [1.807, 2.05) is 11.6 Å². The Morgan fingerprint density at radius 2 is 2.22 bits per heavy atom. The van der Waals surface area contributed by atoms with Crippen LogP contribution in [0, 0.1) is 5.41 Å².